The third kappa shape index (κ3) is 2.48. The quantitative estimate of drug-likeness (QED) is 0.899. The van der Waals surface area contributed by atoms with Gasteiger partial charge in [-0.1, -0.05) is 23.8 Å². The molecular formula is C14H11FO3. The summed E-state index contributed by atoms with van der Waals surface area (Å²) in [5.74, 6) is -1.83. The molecular weight excluding hydrogens is 235 g/mol. The van der Waals surface area contributed by atoms with Crippen LogP contribution in [0.4, 0.5) is 4.39 Å². The van der Waals surface area contributed by atoms with Gasteiger partial charge in [0.1, 0.15) is 5.75 Å². The summed E-state index contributed by atoms with van der Waals surface area (Å²) in [5.41, 5.74) is 0.654. The van der Waals surface area contributed by atoms with Gasteiger partial charge >= 0.3 is 5.97 Å². The predicted molar refractivity (Wildman–Crippen MR) is 64.6 cm³/mol. The van der Waals surface area contributed by atoms with Crippen LogP contribution in [0.5, 0.6) is 11.5 Å². The number of carboxylic acid groups (broad SMARTS) is 1. The van der Waals surface area contributed by atoms with Crippen LogP contribution >= 0.6 is 0 Å². The molecule has 0 aliphatic heterocycles. The maximum Gasteiger partial charge on any atom is 0.338 e. The fraction of sp³-hybridized carbons (Fsp3) is 0.0714. The molecule has 18 heavy (non-hydrogen) atoms. The number of aryl methyl sites for hydroxylation is 1. The van der Waals surface area contributed by atoms with Gasteiger partial charge < -0.3 is 9.84 Å². The van der Waals surface area contributed by atoms with Gasteiger partial charge in [-0.15, -0.1) is 0 Å². The fourth-order valence-electron chi connectivity index (χ4n) is 1.49. The van der Waals surface area contributed by atoms with Crippen LogP contribution in [-0.2, 0) is 0 Å². The van der Waals surface area contributed by atoms with Crippen LogP contribution in [0.2, 0.25) is 0 Å². The minimum absolute atomic E-state index is 0.0984. The third-order valence-electron chi connectivity index (χ3n) is 2.44. The molecule has 0 amide bonds. The number of ether oxygens (including phenoxy) is 1. The molecule has 0 aliphatic carbocycles. The van der Waals surface area contributed by atoms with E-state index in [0.717, 1.165) is 5.56 Å². The Morgan fingerprint density at radius 2 is 1.83 bits per heavy atom. The predicted octanol–water partition coefficient (Wildman–Crippen LogP) is 3.62. The highest BCUT2D eigenvalue weighted by atomic mass is 19.1. The number of hydrogen-bond acceptors (Lipinski definition) is 2. The van der Waals surface area contributed by atoms with Crippen LogP contribution < -0.4 is 4.74 Å². The molecule has 0 atom stereocenters. The van der Waals surface area contributed by atoms with Gasteiger partial charge in [0, 0.05) is 0 Å². The number of halogens is 1. The van der Waals surface area contributed by atoms with Crippen LogP contribution in [0.25, 0.3) is 0 Å². The van der Waals surface area contributed by atoms with Crippen molar-refractivity contribution < 1.29 is 19.0 Å². The molecule has 0 fully saturated rings. The van der Waals surface area contributed by atoms with Crippen molar-refractivity contribution in [3.8, 4) is 11.5 Å². The van der Waals surface area contributed by atoms with E-state index >= 15 is 0 Å². The minimum Gasteiger partial charge on any atom is -0.478 e. The molecule has 2 rings (SSSR count). The summed E-state index contributed by atoms with van der Waals surface area (Å²) in [6.45, 7) is 1.93. The molecule has 92 valence electrons. The zero-order valence-electron chi connectivity index (χ0n) is 9.68. The minimum atomic E-state index is -1.32. The van der Waals surface area contributed by atoms with Crippen LogP contribution in [0.3, 0.4) is 0 Å². The van der Waals surface area contributed by atoms with Gasteiger partial charge in [-0.2, -0.15) is 0 Å². The standard InChI is InChI=1S/C14H11FO3/c1-9-5-7-10(8-6-9)18-12-4-2-3-11(13(12)15)14(16)17/h2-8H,1H3,(H,16,17). The lowest BCUT2D eigenvalue weighted by atomic mass is 10.2. The molecule has 2 aromatic carbocycles. The molecule has 0 saturated carbocycles. The number of benzene rings is 2. The van der Waals surface area contributed by atoms with Crippen molar-refractivity contribution in [3.63, 3.8) is 0 Å². The molecule has 0 unspecified atom stereocenters. The van der Waals surface area contributed by atoms with Crippen molar-refractivity contribution in [2.24, 2.45) is 0 Å². The Hall–Kier alpha value is -2.36. The first-order valence-electron chi connectivity index (χ1n) is 5.34. The molecule has 0 aromatic heterocycles. The Bertz CT molecular complexity index is 576. The second kappa shape index (κ2) is 4.87. The summed E-state index contributed by atoms with van der Waals surface area (Å²) >= 11 is 0. The van der Waals surface area contributed by atoms with Crippen molar-refractivity contribution in [2.45, 2.75) is 6.92 Å². The summed E-state index contributed by atoms with van der Waals surface area (Å²) in [7, 11) is 0. The van der Waals surface area contributed by atoms with Crippen LogP contribution in [0.15, 0.2) is 42.5 Å². The Balaban J connectivity index is 2.32. The maximum absolute atomic E-state index is 13.8. The molecule has 0 saturated heterocycles. The van der Waals surface area contributed by atoms with Crippen LogP contribution in [-0.4, -0.2) is 11.1 Å². The number of aromatic carboxylic acids is 1. The first kappa shape index (κ1) is 12.1. The Labute approximate surface area is 103 Å². The van der Waals surface area contributed by atoms with Gasteiger partial charge in [0.25, 0.3) is 0 Å². The molecule has 3 nitrogen and oxygen atoms in total. The molecule has 0 aliphatic rings. The van der Waals surface area contributed by atoms with E-state index in [1.165, 1.54) is 18.2 Å². The lowest BCUT2D eigenvalue weighted by molar-refractivity contribution is 0.0691. The smallest absolute Gasteiger partial charge is 0.338 e. The van der Waals surface area contributed by atoms with Crippen LogP contribution in [0, 0.1) is 12.7 Å². The molecule has 2 aromatic rings. The average Bonchev–Trinajstić information content (AvgIpc) is 2.34. The third-order valence-corrected chi connectivity index (χ3v) is 2.44. The summed E-state index contributed by atoms with van der Waals surface area (Å²) in [4.78, 5) is 10.8. The van der Waals surface area contributed by atoms with E-state index in [0.29, 0.717) is 5.75 Å². The Kier molecular flexibility index (Phi) is 3.28. The average molecular weight is 246 g/mol. The molecule has 4 heteroatoms. The van der Waals surface area contributed by atoms with E-state index in [4.69, 9.17) is 9.84 Å². The number of carbonyl (C=O) groups is 1. The Morgan fingerprint density at radius 1 is 1.17 bits per heavy atom. The highest BCUT2D eigenvalue weighted by Gasteiger charge is 2.15. The monoisotopic (exact) mass is 246 g/mol. The van der Waals surface area contributed by atoms with Gasteiger partial charge in [0.2, 0.25) is 0 Å². The number of hydrogen-bond donors (Lipinski definition) is 1. The fourth-order valence-corrected chi connectivity index (χ4v) is 1.49. The molecule has 0 spiro atoms. The maximum atomic E-state index is 13.8. The van der Waals surface area contributed by atoms with Gasteiger partial charge in [0.15, 0.2) is 11.6 Å². The first-order chi connectivity index (χ1) is 8.58. The SMILES string of the molecule is Cc1ccc(Oc2cccc(C(=O)O)c2F)cc1. The summed E-state index contributed by atoms with van der Waals surface area (Å²) in [6.07, 6.45) is 0. The van der Waals surface area contributed by atoms with E-state index < -0.39 is 17.3 Å². The normalized spacial score (nSPS) is 10.1. The lowest BCUT2D eigenvalue weighted by Crippen LogP contribution is -2.01. The summed E-state index contributed by atoms with van der Waals surface area (Å²) in [6, 6.07) is 11.1. The molecule has 0 radical (unpaired) electrons. The van der Waals surface area contributed by atoms with Gasteiger partial charge in [0.05, 0.1) is 5.56 Å². The van der Waals surface area contributed by atoms with E-state index in [1.807, 2.05) is 19.1 Å². The topological polar surface area (TPSA) is 46.5 Å². The number of rotatable bonds is 3. The zero-order chi connectivity index (χ0) is 13.1. The largest absolute Gasteiger partial charge is 0.478 e. The van der Waals surface area contributed by atoms with Crippen molar-refractivity contribution in [2.75, 3.05) is 0 Å². The molecule has 0 heterocycles. The van der Waals surface area contributed by atoms with Crippen molar-refractivity contribution in [1.82, 2.24) is 0 Å². The second-order valence-corrected chi connectivity index (χ2v) is 3.84. The van der Waals surface area contributed by atoms with Gasteiger partial charge in [-0.25, -0.2) is 9.18 Å². The van der Waals surface area contributed by atoms with Crippen molar-refractivity contribution >= 4 is 5.97 Å². The summed E-state index contributed by atoms with van der Waals surface area (Å²) in [5, 5.41) is 8.80. The van der Waals surface area contributed by atoms with Crippen molar-refractivity contribution in [1.29, 1.82) is 0 Å². The van der Waals surface area contributed by atoms with E-state index in [-0.39, 0.29) is 5.75 Å². The first-order valence-corrected chi connectivity index (χ1v) is 5.34. The van der Waals surface area contributed by atoms with E-state index in [1.54, 1.807) is 12.1 Å². The van der Waals surface area contributed by atoms with Crippen LogP contribution in [0.1, 0.15) is 15.9 Å². The van der Waals surface area contributed by atoms with Gasteiger partial charge in [-0.3, -0.25) is 0 Å². The second-order valence-electron chi connectivity index (χ2n) is 3.84. The van der Waals surface area contributed by atoms with Crippen molar-refractivity contribution in [3.05, 3.63) is 59.4 Å². The zero-order valence-corrected chi connectivity index (χ0v) is 9.68. The lowest BCUT2D eigenvalue weighted by Gasteiger charge is -2.08. The van der Waals surface area contributed by atoms with Gasteiger partial charge in [-0.05, 0) is 31.2 Å². The highest BCUT2D eigenvalue weighted by molar-refractivity contribution is 5.88. The molecule has 0 bridgehead atoms. The summed E-state index contributed by atoms with van der Waals surface area (Å²) < 4.78 is 19.1. The van der Waals surface area contributed by atoms with E-state index in [9.17, 15) is 9.18 Å². The Morgan fingerprint density at radius 3 is 2.44 bits per heavy atom. The molecule has 1 N–H and O–H groups in total. The van der Waals surface area contributed by atoms with E-state index in [2.05, 4.69) is 0 Å². The highest BCUT2D eigenvalue weighted by Crippen LogP contribution is 2.26. The number of carboxylic acids is 1.